The highest BCUT2D eigenvalue weighted by molar-refractivity contribution is 5.99. The number of carbonyl (C=O) groups is 1. The number of pyridine rings is 1. The Kier molecular flexibility index (Phi) is 7.97. The van der Waals surface area contributed by atoms with Crippen LogP contribution in [-0.4, -0.2) is 44.7 Å². The van der Waals surface area contributed by atoms with Gasteiger partial charge in [-0.3, -0.25) is 9.59 Å². The lowest BCUT2D eigenvalue weighted by Gasteiger charge is -2.16. The summed E-state index contributed by atoms with van der Waals surface area (Å²) in [5.74, 6) is 1.15. The molecule has 4 heterocycles. The second kappa shape index (κ2) is 10.9. The predicted octanol–water partition coefficient (Wildman–Crippen LogP) is 3.02. The molecule has 2 aliphatic rings. The minimum Gasteiger partial charge on any atom is -0.357 e. The first-order valence-electron chi connectivity index (χ1n) is 11.2. The monoisotopic (exact) mass is 442 g/mol. The number of hydrogen-bond donors (Lipinski definition) is 1. The molecular weight excluding hydrogens is 411 g/mol. The number of nitrogens with one attached hydrogen (secondary N) is 1. The molecule has 5 rings (SSSR count). The molecular formula is C23H31FN6O2. The van der Waals surface area contributed by atoms with E-state index in [0.29, 0.717) is 17.1 Å². The maximum atomic E-state index is 12.3. The van der Waals surface area contributed by atoms with Crippen molar-refractivity contribution in [3.8, 4) is 0 Å². The fourth-order valence-electron chi connectivity index (χ4n) is 3.36. The highest BCUT2D eigenvalue weighted by Gasteiger charge is 2.23. The fourth-order valence-corrected chi connectivity index (χ4v) is 3.36. The molecule has 1 saturated heterocycles. The van der Waals surface area contributed by atoms with E-state index in [1.807, 2.05) is 26.1 Å². The molecule has 3 aromatic heterocycles. The number of nitrogens with zero attached hydrogens (tertiary/aromatic N) is 5. The van der Waals surface area contributed by atoms with Crippen LogP contribution in [0.25, 0.3) is 5.65 Å². The molecule has 8 nitrogen and oxygen atoms in total. The topological polar surface area (TPSA) is 84.5 Å². The smallest absolute Gasteiger partial charge is 0.256 e. The van der Waals surface area contributed by atoms with Crippen molar-refractivity contribution in [1.29, 1.82) is 0 Å². The maximum absolute atomic E-state index is 12.3. The first-order valence-corrected chi connectivity index (χ1v) is 11.2. The molecule has 1 saturated carbocycles. The van der Waals surface area contributed by atoms with Gasteiger partial charge < -0.3 is 14.8 Å². The maximum Gasteiger partial charge on any atom is 0.256 e. The first-order chi connectivity index (χ1) is 15.5. The Morgan fingerprint density at radius 1 is 1.19 bits per heavy atom. The standard InChI is InChI=1S/C15H19N5O.C6H6FNO.C2H6/c21-15(16-9-11-3-4-11)12-10-17-20-8-5-13(18-14(12)20)19-6-1-2-7-19;1-8-4-5(7)2-3-6(8)9;1-2/h5,8,10-11H,1-4,6-7,9H2,(H,16,21);2-4H,1H3;1-2H3. The van der Waals surface area contributed by atoms with Crippen molar-refractivity contribution in [1.82, 2.24) is 24.5 Å². The molecule has 0 bridgehead atoms. The van der Waals surface area contributed by atoms with Crippen LogP contribution in [0.3, 0.4) is 0 Å². The van der Waals surface area contributed by atoms with Crippen LogP contribution >= 0.6 is 0 Å². The molecule has 0 atom stereocenters. The highest BCUT2D eigenvalue weighted by Crippen LogP contribution is 2.27. The number of carbonyl (C=O) groups excluding carboxylic acids is 1. The number of amides is 1. The molecule has 9 heteroatoms. The van der Waals surface area contributed by atoms with Crippen LogP contribution in [-0.2, 0) is 7.05 Å². The van der Waals surface area contributed by atoms with Crippen molar-refractivity contribution in [3.63, 3.8) is 0 Å². The van der Waals surface area contributed by atoms with Gasteiger partial charge in [0.2, 0.25) is 5.56 Å². The van der Waals surface area contributed by atoms with E-state index in [4.69, 9.17) is 0 Å². The predicted molar refractivity (Wildman–Crippen MR) is 122 cm³/mol. The Morgan fingerprint density at radius 3 is 2.53 bits per heavy atom. The molecule has 0 radical (unpaired) electrons. The third kappa shape index (κ3) is 5.93. The quantitative estimate of drug-likeness (QED) is 0.671. The molecule has 1 N–H and O–H groups in total. The average molecular weight is 443 g/mol. The van der Waals surface area contributed by atoms with Gasteiger partial charge >= 0.3 is 0 Å². The number of aromatic nitrogens is 4. The Bertz CT molecular complexity index is 1100. The summed E-state index contributed by atoms with van der Waals surface area (Å²) in [7, 11) is 1.51. The Morgan fingerprint density at radius 2 is 1.91 bits per heavy atom. The second-order valence-electron chi connectivity index (χ2n) is 7.76. The Labute approximate surface area is 187 Å². The van der Waals surface area contributed by atoms with Crippen molar-refractivity contribution < 1.29 is 9.18 Å². The summed E-state index contributed by atoms with van der Waals surface area (Å²) in [5, 5.41) is 7.21. The third-order valence-electron chi connectivity index (χ3n) is 5.33. The van der Waals surface area contributed by atoms with Crippen molar-refractivity contribution in [2.45, 2.75) is 39.5 Å². The number of anilines is 1. The minimum atomic E-state index is -0.392. The van der Waals surface area contributed by atoms with Gasteiger partial charge in [0.25, 0.3) is 5.91 Å². The average Bonchev–Trinajstić information content (AvgIpc) is 3.29. The van der Waals surface area contributed by atoms with Crippen LogP contribution in [0.5, 0.6) is 0 Å². The molecule has 3 aromatic rings. The third-order valence-corrected chi connectivity index (χ3v) is 5.33. The zero-order chi connectivity index (χ0) is 23.1. The van der Waals surface area contributed by atoms with Gasteiger partial charge in [-0.15, -0.1) is 0 Å². The van der Waals surface area contributed by atoms with Crippen LogP contribution in [0.2, 0.25) is 0 Å². The summed E-state index contributed by atoms with van der Waals surface area (Å²) in [4.78, 5) is 29.7. The number of fused-ring (bicyclic) bond motifs is 1. The lowest BCUT2D eigenvalue weighted by atomic mass is 10.3. The Hall–Kier alpha value is -3.23. The summed E-state index contributed by atoms with van der Waals surface area (Å²) in [6.07, 6.45) is 9.51. The first kappa shape index (κ1) is 23.4. The van der Waals surface area contributed by atoms with Crippen LogP contribution in [0.15, 0.2) is 41.6 Å². The van der Waals surface area contributed by atoms with E-state index in [0.717, 1.165) is 37.7 Å². The number of halogens is 1. The van der Waals surface area contributed by atoms with Crippen molar-refractivity contribution in [2.75, 3.05) is 24.5 Å². The van der Waals surface area contributed by atoms with Crippen LogP contribution in [0.4, 0.5) is 10.2 Å². The zero-order valence-corrected chi connectivity index (χ0v) is 18.9. The molecule has 1 aliphatic heterocycles. The van der Waals surface area contributed by atoms with Gasteiger partial charge in [0.1, 0.15) is 17.2 Å². The van der Waals surface area contributed by atoms with E-state index in [1.165, 1.54) is 43.4 Å². The molecule has 2 fully saturated rings. The summed E-state index contributed by atoms with van der Waals surface area (Å²) >= 11 is 0. The highest BCUT2D eigenvalue weighted by atomic mass is 19.1. The van der Waals surface area contributed by atoms with Gasteiger partial charge in [-0.1, -0.05) is 13.8 Å². The summed E-state index contributed by atoms with van der Waals surface area (Å²) < 4.78 is 15.0. The molecule has 0 spiro atoms. The Balaban J connectivity index is 0.000000222. The van der Waals surface area contributed by atoms with E-state index >= 15 is 0 Å². The van der Waals surface area contributed by atoms with Gasteiger partial charge in [-0.2, -0.15) is 5.10 Å². The minimum absolute atomic E-state index is 0.0667. The van der Waals surface area contributed by atoms with E-state index in [2.05, 4.69) is 20.3 Å². The van der Waals surface area contributed by atoms with Gasteiger partial charge in [0, 0.05) is 45.1 Å². The largest absolute Gasteiger partial charge is 0.357 e. The lowest BCUT2D eigenvalue weighted by molar-refractivity contribution is 0.0953. The van der Waals surface area contributed by atoms with Gasteiger partial charge in [0.15, 0.2) is 5.65 Å². The second-order valence-corrected chi connectivity index (χ2v) is 7.76. The van der Waals surface area contributed by atoms with Crippen molar-refractivity contribution >= 4 is 17.4 Å². The van der Waals surface area contributed by atoms with E-state index in [-0.39, 0.29) is 11.5 Å². The van der Waals surface area contributed by atoms with Crippen LogP contribution < -0.4 is 15.8 Å². The SMILES string of the molecule is CC.Cn1cc(F)ccc1=O.O=C(NCC1CC1)c1cnn2ccc(N3CCCC3)nc12. The summed E-state index contributed by atoms with van der Waals surface area (Å²) in [6, 6.07) is 4.30. The van der Waals surface area contributed by atoms with E-state index < -0.39 is 5.82 Å². The van der Waals surface area contributed by atoms with Gasteiger partial charge in [-0.05, 0) is 43.7 Å². The van der Waals surface area contributed by atoms with Crippen LogP contribution in [0.1, 0.15) is 49.9 Å². The molecule has 1 amide bonds. The normalized spacial score (nSPS) is 14.9. The van der Waals surface area contributed by atoms with Gasteiger partial charge in [-0.25, -0.2) is 13.9 Å². The lowest BCUT2D eigenvalue weighted by Crippen LogP contribution is -2.25. The van der Waals surface area contributed by atoms with Gasteiger partial charge in [0.05, 0.1) is 6.20 Å². The summed E-state index contributed by atoms with van der Waals surface area (Å²) in [6.45, 7) is 6.85. The zero-order valence-electron chi connectivity index (χ0n) is 18.9. The van der Waals surface area contributed by atoms with Crippen LogP contribution in [0, 0.1) is 11.7 Å². The molecule has 172 valence electrons. The van der Waals surface area contributed by atoms with Crippen molar-refractivity contribution in [2.24, 2.45) is 13.0 Å². The molecule has 0 unspecified atom stereocenters. The molecule has 0 aromatic carbocycles. The van der Waals surface area contributed by atoms with E-state index in [1.54, 1.807) is 10.7 Å². The number of hydrogen-bond acceptors (Lipinski definition) is 5. The summed E-state index contributed by atoms with van der Waals surface area (Å²) in [5.41, 5.74) is 1.01. The molecule has 1 aliphatic carbocycles. The number of aryl methyl sites for hydroxylation is 1. The number of rotatable bonds is 4. The van der Waals surface area contributed by atoms with Crippen molar-refractivity contribution in [3.05, 3.63) is 58.5 Å². The fraction of sp³-hybridized carbons (Fsp3) is 0.478. The molecule has 32 heavy (non-hydrogen) atoms. The van der Waals surface area contributed by atoms with E-state index in [9.17, 15) is 14.0 Å².